The molecule has 0 aromatic heterocycles. The van der Waals surface area contributed by atoms with Gasteiger partial charge in [-0.25, -0.2) is 4.39 Å². The molecule has 0 spiro atoms. The molecule has 0 aliphatic carbocycles. The molecule has 2 aromatic carbocycles. The maximum Gasteiger partial charge on any atom is 0.270 e. The Morgan fingerprint density at radius 2 is 1.95 bits per heavy atom. The summed E-state index contributed by atoms with van der Waals surface area (Å²) in [5.41, 5.74) is -0.606. The smallest absolute Gasteiger partial charge is 0.270 e. The van der Waals surface area contributed by atoms with Gasteiger partial charge in [0.05, 0.1) is 10.5 Å². The molecule has 0 atom stereocenters. The topological polar surface area (TPSA) is 80.4 Å². The Hall–Kier alpha value is -2.76. The van der Waals surface area contributed by atoms with Gasteiger partial charge in [-0.15, -0.1) is 0 Å². The molecule has 0 amide bonds. The summed E-state index contributed by atoms with van der Waals surface area (Å²) in [5.74, 6) is -1.78. The van der Waals surface area contributed by atoms with E-state index in [0.29, 0.717) is 0 Å². The summed E-state index contributed by atoms with van der Waals surface area (Å²) in [6.07, 6.45) is 0. The van der Waals surface area contributed by atoms with Gasteiger partial charge >= 0.3 is 0 Å². The standard InChI is InChI=1S/C13H8FNO4/c14-12-5-4-10(16)7-11(12)13(17)8-2-1-3-9(6-8)15(18)19/h1-7,16H. The zero-order valence-corrected chi connectivity index (χ0v) is 9.54. The molecule has 2 aromatic rings. The second-order valence-electron chi connectivity index (χ2n) is 3.80. The molecule has 0 radical (unpaired) electrons. The number of nitro groups is 1. The first-order valence-corrected chi connectivity index (χ1v) is 5.26. The van der Waals surface area contributed by atoms with Crippen molar-refractivity contribution in [3.8, 4) is 5.75 Å². The first-order chi connectivity index (χ1) is 8.99. The molecular formula is C13H8FNO4. The zero-order valence-electron chi connectivity index (χ0n) is 9.54. The van der Waals surface area contributed by atoms with Crippen LogP contribution in [0.15, 0.2) is 42.5 Å². The average Bonchev–Trinajstić information content (AvgIpc) is 2.41. The van der Waals surface area contributed by atoms with Crippen molar-refractivity contribution in [2.45, 2.75) is 0 Å². The highest BCUT2D eigenvalue weighted by Crippen LogP contribution is 2.21. The van der Waals surface area contributed by atoms with E-state index in [1.54, 1.807) is 0 Å². The summed E-state index contributed by atoms with van der Waals surface area (Å²) >= 11 is 0. The van der Waals surface area contributed by atoms with Crippen LogP contribution in [0.1, 0.15) is 15.9 Å². The van der Waals surface area contributed by atoms with Gasteiger partial charge in [-0.2, -0.15) is 0 Å². The number of ketones is 1. The number of hydrogen-bond donors (Lipinski definition) is 1. The first-order valence-electron chi connectivity index (χ1n) is 5.26. The van der Waals surface area contributed by atoms with Crippen molar-refractivity contribution in [1.82, 2.24) is 0 Å². The van der Waals surface area contributed by atoms with E-state index in [4.69, 9.17) is 0 Å². The van der Waals surface area contributed by atoms with Gasteiger partial charge < -0.3 is 5.11 Å². The maximum atomic E-state index is 13.5. The third kappa shape index (κ3) is 2.57. The number of non-ortho nitro benzene ring substituents is 1. The van der Waals surface area contributed by atoms with Crippen LogP contribution in [0.4, 0.5) is 10.1 Å². The quantitative estimate of drug-likeness (QED) is 0.523. The molecule has 96 valence electrons. The van der Waals surface area contributed by atoms with Gasteiger partial charge in [-0.05, 0) is 18.2 Å². The minimum absolute atomic E-state index is 0.0151. The van der Waals surface area contributed by atoms with E-state index in [0.717, 1.165) is 24.3 Å². The minimum Gasteiger partial charge on any atom is -0.508 e. The number of hydrogen-bond acceptors (Lipinski definition) is 4. The maximum absolute atomic E-state index is 13.5. The fraction of sp³-hybridized carbons (Fsp3) is 0. The number of carbonyl (C=O) groups excluding carboxylic acids is 1. The monoisotopic (exact) mass is 261 g/mol. The van der Waals surface area contributed by atoms with E-state index in [-0.39, 0.29) is 22.6 Å². The van der Waals surface area contributed by atoms with Gasteiger partial charge in [-0.3, -0.25) is 14.9 Å². The van der Waals surface area contributed by atoms with E-state index in [1.165, 1.54) is 18.2 Å². The number of aromatic hydroxyl groups is 1. The van der Waals surface area contributed by atoms with Crippen LogP contribution in [0.3, 0.4) is 0 Å². The van der Waals surface area contributed by atoms with Crippen molar-refractivity contribution in [1.29, 1.82) is 0 Å². The fourth-order valence-corrected chi connectivity index (χ4v) is 1.60. The number of halogens is 1. The molecule has 0 saturated heterocycles. The Kier molecular flexibility index (Phi) is 3.24. The van der Waals surface area contributed by atoms with Crippen LogP contribution in [0.5, 0.6) is 5.75 Å². The van der Waals surface area contributed by atoms with Crippen LogP contribution in [-0.2, 0) is 0 Å². The molecule has 0 bridgehead atoms. The number of rotatable bonds is 3. The number of carbonyl (C=O) groups is 1. The average molecular weight is 261 g/mol. The molecule has 0 aliphatic rings. The summed E-state index contributed by atoms with van der Waals surface area (Å²) < 4.78 is 13.5. The van der Waals surface area contributed by atoms with Crippen LogP contribution in [-0.4, -0.2) is 15.8 Å². The van der Waals surface area contributed by atoms with Gasteiger partial charge in [0.15, 0.2) is 5.78 Å². The van der Waals surface area contributed by atoms with Crippen molar-refractivity contribution in [2.24, 2.45) is 0 Å². The van der Waals surface area contributed by atoms with Crippen molar-refractivity contribution < 1.29 is 19.2 Å². The molecule has 5 nitrogen and oxygen atoms in total. The summed E-state index contributed by atoms with van der Waals surface area (Å²) in [6, 6.07) is 8.03. The lowest BCUT2D eigenvalue weighted by atomic mass is 10.0. The summed E-state index contributed by atoms with van der Waals surface area (Å²) in [7, 11) is 0. The molecule has 0 heterocycles. The lowest BCUT2D eigenvalue weighted by Crippen LogP contribution is -2.04. The van der Waals surface area contributed by atoms with Gasteiger partial charge in [0.1, 0.15) is 11.6 Å². The summed E-state index contributed by atoms with van der Waals surface area (Å²) in [4.78, 5) is 22.0. The Labute approximate surface area is 107 Å². The van der Waals surface area contributed by atoms with Gasteiger partial charge in [0.2, 0.25) is 0 Å². The number of nitrogens with zero attached hydrogens (tertiary/aromatic N) is 1. The zero-order chi connectivity index (χ0) is 14.0. The SMILES string of the molecule is O=C(c1cccc([N+](=O)[O-])c1)c1cc(O)ccc1F. The predicted octanol–water partition coefficient (Wildman–Crippen LogP) is 2.67. The van der Waals surface area contributed by atoms with Crippen LogP contribution in [0, 0.1) is 15.9 Å². The van der Waals surface area contributed by atoms with E-state index in [1.807, 2.05) is 0 Å². The van der Waals surface area contributed by atoms with Crippen LogP contribution in [0.2, 0.25) is 0 Å². The molecule has 2 rings (SSSR count). The third-order valence-corrected chi connectivity index (χ3v) is 2.51. The number of benzene rings is 2. The van der Waals surface area contributed by atoms with Gasteiger partial charge in [0.25, 0.3) is 5.69 Å². The molecule has 0 aliphatic heterocycles. The van der Waals surface area contributed by atoms with Crippen molar-refractivity contribution in [3.05, 3.63) is 69.5 Å². The Balaban J connectivity index is 2.47. The van der Waals surface area contributed by atoms with Gasteiger partial charge in [0, 0.05) is 17.7 Å². The van der Waals surface area contributed by atoms with Gasteiger partial charge in [-0.1, -0.05) is 12.1 Å². The van der Waals surface area contributed by atoms with Crippen LogP contribution >= 0.6 is 0 Å². The Bertz CT molecular complexity index is 669. The first kappa shape index (κ1) is 12.7. The van der Waals surface area contributed by atoms with E-state index >= 15 is 0 Å². The van der Waals surface area contributed by atoms with E-state index in [2.05, 4.69) is 0 Å². The Morgan fingerprint density at radius 3 is 2.63 bits per heavy atom. The Morgan fingerprint density at radius 1 is 1.21 bits per heavy atom. The highest BCUT2D eigenvalue weighted by atomic mass is 19.1. The second kappa shape index (κ2) is 4.85. The molecule has 0 unspecified atom stereocenters. The van der Waals surface area contributed by atoms with Crippen LogP contribution in [0.25, 0.3) is 0 Å². The van der Waals surface area contributed by atoms with E-state index < -0.39 is 16.5 Å². The number of nitro benzene ring substituents is 1. The lowest BCUT2D eigenvalue weighted by molar-refractivity contribution is -0.384. The molecular weight excluding hydrogens is 253 g/mol. The van der Waals surface area contributed by atoms with Crippen molar-refractivity contribution in [3.63, 3.8) is 0 Å². The minimum atomic E-state index is -0.797. The van der Waals surface area contributed by atoms with Crippen molar-refractivity contribution >= 4 is 11.5 Å². The highest BCUT2D eigenvalue weighted by molar-refractivity contribution is 6.09. The predicted molar refractivity (Wildman–Crippen MR) is 64.6 cm³/mol. The summed E-state index contributed by atoms with van der Waals surface area (Å²) in [6.45, 7) is 0. The molecule has 6 heteroatoms. The van der Waals surface area contributed by atoms with Crippen LogP contribution < -0.4 is 0 Å². The third-order valence-electron chi connectivity index (χ3n) is 2.51. The molecule has 0 saturated carbocycles. The lowest BCUT2D eigenvalue weighted by Gasteiger charge is -2.03. The fourth-order valence-electron chi connectivity index (χ4n) is 1.60. The van der Waals surface area contributed by atoms with E-state index in [9.17, 15) is 24.4 Å². The molecule has 1 N–H and O–H groups in total. The number of phenolic OH excluding ortho intramolecular Hbond substituents is 1. The molecule has 0 fully saturated rings. The highest BCUT2D eigenvalue weighted by Gasteiger charge is 2.17. The second-order valence-corrected chi connectivity index (χ2v) is 3.80. The van der Waals surface area contributed by atoms with Crippen molar-refractivity contribution in [2.75, 3.05) is 0 Å². The normalized spacial score (nSPS) is 10.2. The molecule has 19 heavy (non-hydrogen) atoms. The number of phenols is 1. The largest absolute Gasteiger partial charge is 0.508 e. The summed E-state index contributed by atoms with van der Waals surface area (Å²) in [5, 5.41) is 19.9.